The van der Waals surface area contributed by atoms with Crippen LogP contribution < -0.4 is 5.32 Å². The minimum Gasteiger partial charge on any atom is -0.488 e. The highest BCUT2D eigenvalue weighted by molar-refractivity contribution is 6.76. The third kappa shape index (κ3) is 3.61. The zero-order valence-corrected chi connectivity index (χ0v) is 13.9. The first-order valence-corrected chi connectivity index (χ1v) is 10.8. The Morgan fingerprint density at radius 1 is 1.19 bits per heavy atom. The molecule has 5 heteroatoms. The molecule has 1 aliphatic rings. The molecule has 1 aromatic carbocycles. The van der Waals surface area contributed by atoms with Gasteiger partial charge in [0.25, 0.3) is 5.91 Å². The van der Waals surface area contributed by atoms with E-state index >= 15 is 0 Å². The molecule has 0 saturated heterocycles. The van der Waals surface area contributed by atoms with Crippen LogP contribution in [0.1, 0.15) is 22.8 Å². The molecule has 0 radical (unpaired) electrons. The summed E-state index contributed by atoms with van der Waals surface area (Å²) in [5, 5.41) is 2.75. The molecule has 0 aromatic heterocycles. The number of ether oxygens (including phenoxy) is 1. The molecule has 1 aliphatic heterocycles. The van der Waals surface area contributed by atoms with Crippen LogP contribution in [0.5, 0.6) is 0 Å². The van der Waals surface area contributed by atoms with Crippen molar-refractivity contribution in [3.63, 3.8) is 0 Å². The van der Waals surface area contributed by atoms with Crippen molar-refractivity contribution in [1.82, 2.24) is 5.32 Å². The summed E-state index contributed by atoms with van der Waals surface area (Å²) >= 11 is 0. The Hall–Kier alpha value is -1.88. The Balaban J connectivity index is 2.30. The van der Waals surface area contributed by atoms with Crippen LogP contribution in [0.2, 0.25) is 25.7 Å². The van der Waals surface area contributed by atoms with Gasteiger partial charge in [0.1, 0.15) is 0 Å². The quantitative estimate of drug-likeness (QED) is 0.517. The van der Waals surface area contributed by atoms with Crippen molar-refractivity contribution in [3.8, 4) is 0 Å². The number of allylic oxidation sites excluding steroid dienone is 1. The summed E-state index contributed by atoms with van der Waals surface area (Å²) < 4.78 is 5.72. The van der Waals surface area contributed by atoms with Crippen molar-refractivity contribution in [3.05, 3.63) is 41.2 Å². The molecule has 0 fully saturated rings. The number of carbonyl (C=O) groups excluding carboxylic acids is 2. The first-order chi connectivity index (χ1) is 9.79. The Kier molecular flexibility index (Phi) is 4.32. The van der Waals surface area contributed by atoms with Crippen LogP contribution in [-0.2, 0) is 9.53 Å². The van der Waals surface area contributed by atoms with E-state index in [1.165, 1.54) is 6.92 Å². The zero-order valence-electron chi connectivity index (χ0n) is 12.9. The average Bonchev–Trinajstić information content (AvgIpc) is 2.71. The lowest BCUT2D eigenvalue weighted by Gasteiger charge is -2.17. The monoisotopic (exact) mass is 303 g/mol. The van der Waals surface area contributed by atoms with Gasteiger partial charge in [-0.05, 0) is 12.1 Å². The maximum absolute atomic E-state index is 11.9. The number of ketones is 1. The van der Waals surface area contributed by atoms with E-state index in [4.69, 9.17) is 4.74 Å². The van der Waals surface area contributed by atoms with E-state index in [2.05, 4.69) is 25.0 Å². The molecule has 2 rings (SSSR count). The number of carbonyl (C=O) groups is 2. The van der Waals surface area contributed by atoms with Crippen LogP contribution in [0.25, 0.3) is 5.70 Å². The molecule has 0 bridgehead atoms. The molecular weight excluding hydrogens is 282 g/mol. The minimum atomic E-state index is -1.23. The number of rotatable bonds is 5. The van der Waals surface area contributed by atoms with Crippen molar-refractivity contribution in [1.29, 1.82) is 0 Å². The van der Waals surface area contributed by atoms with E-state index in [0.717, 1.165) is 11.6 Å². The van der Waals surface area contributed by atoms with Gasteiger partial charge in [0, 0.05) is 26.1 Å². The maximum atomic E-state index is 11.9. The molecule has 1 N–H and O–H groups in total. The third-order valence-electron chi connectivity index (χ3n) is 3.32. The first kappa shape index (κ1) is 15.5. The number of hydrogen-bond acceptors (Lipinski definition) is 3. The molecule has 1 aromatic rings. The highest BCUT2D eigenvalue weighted by Gasteiger charge is 2.28. The van der Waals surface area contributed by atoms with E-state index in [-0.39, 0.29) is 17.4 Å². The second-order valence-corrected chi connectivity index (χ2v) is 12.0. The minimum absolute atomic E-state index is 0.169. The number of hydrogen-bond donors (Lipinski definition) is 1. The summed E-state index contributed by atoms with van der Waals surface area (Å²) in [7, 11) is -1.23. The van der Waals surface area contributed by atoms with Gasteiger partial charge >= 0.3 is 0 Å². The summed E-state index contributed by atoms with van der Waals surface area (Å²) in [5.74, 6) is -0.0997. The van der Waals surface area contributed by atoms with E-state index in [9.17, 15) is 9.59 Å². The van der Waals surface area contributed by atoms with Gasteiger partial charge in [0.15, 0.2) is 11.5 Å². The molecular formula is C16H21NO3Si. The van der Waals surface area contributed by atoms with Gasteiger partial charge in [-0.2, -0.15) is 0 Å². The fraction of sp³-hybridized carbons (Fsp3) is 0.375. The summed E-state index contributed by atoms with van der Waals surface area (Å²) in [5.41, 5.74) is 1.82. The van der Waals surface area contributed by atoms with E-state index < -0.39 is 8.07 Å². The molecule has 0 spiro atoms. The number of Topliss-reactive ketones (excluding diaryl/α,β-unsaturated/α-hetero) is 1. The summed E-state index contributed by atoms with van der Waals surface area (Å²) in [6.07, 6.45) is 0. The zero-order chi connectivity index (χ0) is 15.6. The van der Waals surface area contributed by atoms with Crippen molar-refractivity contribution >= 4 is 25.5 Å². The molecule has 0 saturated carbocycles. The Labute approximate surface area is 126 Å². The van der Waals surface area contributed by atoms with Crippen LogP contribution in [-0.4, -0.2) is 26.4 Å². The Morgan fingerprint density at radius 2 is 1.81 bits per heavy atom. The summed E-state index contributed by atoms with van der Waals surface area (Å²) in [6.45, 7) is 8.73. The fourth-order valence-electron chi connectivity index (χ4n) is 2.14. The Bertz CT molecular complexity index is 614. The van der Waals surface area contributed by atoms with E-state index in [1.54, 1.807) is 12.1 Å². The van der Waals surface area contributed by atoms with E-state index in [0.29, 0.717) is 17.9 Å². The number of amides is 1. The van der Waals surface area contributed by atoms with Crippen LogP contribution in [0.15, 0.2) is 30.0 Å². The summed E-state index contributed by atoms with van der Waals surface area (Å²) in [6, 6.07) is 8.19. The van der Waals surface area contributed by atoms with Crippen molar-refractivity contribution in [2.75, 3.05) is 6.61 Å². The highest BCUT2D eigenvalue weighted by Crippen LogP contribution is 2.27. The number of nitrogens with one attached hydrogen (secondary N) is 1. The van der Waals surface area contributed by atoms with Gasteiger partial charge < -0.3 is 10.1 Å². The van der Waals surface area contributed by atoms with Crippen molar-refractivity contribution in [2.24, 2.45) is 0 Å². The Morgan fingerprint density at radius 3 is 2.38 bits per heavy atom. The average molecular weight is 303 g/mol. The molecule has 21 heavy (non-hydrogen) atoms. The van der Waals surface area contributed by atoms with Crippen molar-refractivity contribution in [2.45, 2.75) is 32.6 Å². The maximum Gasteiger partial charge on any atom is 0.256 e. The molecule has 1 amide bonds. The number of benzene rings is 1. The highest BCUT2D eigenvalue weighted by atomic mass is 28.3. The van der Waals surface area contributed by atoms with Crippen LogP contribution >= 0.6 is 0 Å². The molecule has 0 aliphatic carbocycles. The largest absolute Gasteiger partial charge is 0.488 e. The first-order valence-electron chi connectivity index (χ1n) is 7.08. The molecule has 0 unspecified atom stereocenters. The third-order valence-corrected chi connectivity index (χ3v) is 5.03. The second kappa shape index (κ2) is 5.85. The van der Waals surface area contributed by atoms with Gasteiger partial charge in [0.05, 0.1) is 12.3 Å². The lowest BCUT2D eigenvalue weighted by atomic mass is 10.1. The van der Waals surface area contributed by atoms with Gasteiger partial charge in [-0.25, -0.2) is 0 Å². The standard InChI is InChI=1S/C16H21NO3Si/c1-11(18)15(20-9-10-21(2,3)4)14-12-7-5-6-8-13(12)16(19)17-14/h5-8H,9-10H2,1-4H3,(H,17,19)/b15-14-. The predicted octanol–water partition coefficient (Wildman–Crippen LogP) is 3.04. The molecule has 112 valence electrons. The van der Waals surface area contributed by atoms with Crippen LogP contribution in [0, 0.1) is 0 Å². The summed E-state index contributed by atoms with van der Waals surface area (Å²) in [4.78, 5) is 23.8. The normalized spacial score (nSPS) is 16.3. The van der Waals surface area contributed by atoms with Crippen molar-refractivity contribution < 1.29 is 14.3 Å². The predicted molar refractivity (Wildman–Crippen MR) is 85.6 cm³/mol. The van der Waals surface area contributed by atoms with Crippen LogP contribution in [0.3, 0.4) is 0 Å². The SMILES string of the molecule is CC(=O)/C(OCC[Si](C)(C)C)=C1/NC(=O)c2ccccc21. The number of fused-ring (bicyclic) bond motifs is 1. The molecule has 0 atom stereocenters. The van der Waals surface area contributed by atoms with Gasteiger partial charge in [-0.3, -0.25) is 9.59 Å². The second-order valence-electron chi connectivity index (χ2n) is 6.42. The lowest BCUT2D eigenvalue weighted by Crippen LogP contribution is -2.23. The van der Waals surface area contributed by atoms with Gasteiger partial charge in [-0.15, -0.1) is 0 Å². The molecule has 1 heterocycles. The molecule has 4 nitrogen and oxygen atoms in total. The van der Waals surface area contributed by atoms with Gasteiger partial charge in [-0.1, -0.05) is 37.8 Å². The smallest absolute Gasteiger partial charge is 0.256 e. The topological polar surface area (TPSA) is 55.4 Å². The fourth-order valence-corrected chi connectivity index (χ4v) is 2.85. The lowest BCUT2D eigenvalue weighted by molar-refractivity contribution is -0.116. The van der Waals surface area contributed by atoms with E-state index in [1.807, 2.05) is 12.1 Å². The van der Waals surface area contributed by atoms with Gasteiger partial charge in [0.2, 0.25) is 0 Å². The van der Waals surface area contributed by atoms with Crippen LogP contribution in [0.4, 0.5) is 0 Å².